The lowest BCUT2D eigenvalue weighted by atomic mass is 10.0. The summed E-state index contributed by atoms with van der Waals surface area (Å²) in [4.78, 5) is 11.0. The van der Waals surface area contributed by atoms with Crippen molar-refractivity contribution in [2.24, 2.45) is 0 Å². The maximum atomic E-state index is 11.0. The predicted molar refractivity (Wildman–Crippen MR) is 72.8 cm³/mol. The second kappa shape index (κ2) is 7.63. The second-order valence-corrected chi connectivity index (χ2v) is 4.25. The quantitative estimate of drug-likeness (QED) is 0.756. The Balaban J connectivity index is 3.01. The van der Waals surface area contributed by atoms with Crippen molar-refractivity contribution in [3.8, 4) is 11.5 Å². The van der Waals surface area contributed by atoms with Gasteiger partial charge in [-0.2, -0.15) is 0 Å². The molecular weight excluding hydrogens is 246 g/mol. The summed E-state index contributed by atoms with van der Waals surface area (Å²) in [7, 11) is 3.15. The van der Waals surface area contributed by atoms with Gasteiger partial charge in [-0.05, 0) is 30.7 Å². The zero-order valence-corrected chi connectivity index (χ0v) is 11.6. The molecule has 1 atom stereocenters. The first-order chi connectivity index (χ1) is 9.10. The Morgan fingerprint density at radius 1 is 1.26 bits per heavy atom. The van der Waals surface area contributed by atoms with E-state index in [0.29, 0.717) is 11.5 Å². The Hall–Kier alpha value is -1.75. The molecular formula is C14H21NO4. The molecule has 2 N–H and O–H groups in total. The molecule has 0 saturated heterocycles. The van der Waals surface area contributed by atoms with E-state index in [2.05, 4.69) is 5.32 Å². The summed E-state index contributed by atoms with van der Waals surface area (Å²) in [6.45, 7) is 2.80. The molecule has 0 aliphatic heterocycles. The third-order valence-corrected chi connectivity index (χ3v) is 2.80. The molecule has 0 radical (unpaired) electrons. The molecule has 1 aromatic rings. The number of hydrogen-bond acceptors (Lipinski definition) is 4. The van der Waals surface area contributed by atoms with Crippen molar-refractivity contribution >= 4 is 5.97 Å². The molecule has 0 spiro atoms. The summed E-state index contributed by atoms with van der Waals surface area (Å²) >= 11 is 0. The van der Waals surface area contributed by atoms with Crippen LogP contribution in [0.2, 0.25) is 0 Å². The summed E-state index contributed by atoms with van der Waals surface area (Å²) in [5.74, 6) is 0.474. The van der Waals surface area contributed by atoms with Crippen LogP contribution in [0.15, 0.2) is 18.2 Å². The number of aliphatic carboxylic acids is 1. The van der Waals surface area contributed by atoms with Gasteiger partial charge in [0.05, 0.1) is 20.6 Å². The number of carboxylic acid groups (broad SMARTS) is 1. The SMILES string of the molecule is CCCNC(CC(=O)O)c1cc(OC)cc(OC)c1. The van der Waals surface area contributed by atoms with Gasteiger partial charge in [-0.1, -0.05) is 6.92 Å². The number of ether oxygens (including phenoxy) is 2. The zero-order valence-electron chi connectivity index (χ0n) is 11.6. The fourth-order valence-electron chi connectivity index (χ4n) is 1.83. The Bertz CT molecular complexity index is 398. The van der Waals surface area contributed by atoms with E-state index in [1.165, 1.54) is 0 Å². The topological polar surface area (TPSA) is 67.8 Å². The summed E-state index contributed by atoms with van der Waals surface area (Å²) in [6.07, 6.45) is 0.966. The lowest BCUT2D eigenvalue weighted by Crippen LogP contribution is -2.24. The maximum Gasteiger partial charge on any atom is 0.305 e. The van der Waals surface area contributed by atoms with E-state index in [1.807, 2.05) is 19.1 Å². The molecule has 0 heterocycles. The average Bonchev–Trinajstić information content (AvgIpc) is 2.42. The van der Waals surface area contributed by atoms with Crippen LogP contribution in [0.1, 0.15) is 31.4 Å². The van der Waals surface area contributed by atoms with E-state index in [1.54, 1.807) is 20.3 Å². The van der Waals surface area contributed by atoms with Crippen molar-refractivity contribution in [3.05, 3.63) is 23.8 Å². The molecule has 0 amide bonds. The third kappa shape index (κ3) is 4.79. The maximum absolute atomic E-state index is 11.0. The van der Waals surface area contributed by atoms with Crippen molar-refractivity contribution in [2.45, 2.75) is 25.8 Å². The molecule has 0 fully saturated rings. The first-order valence-corrected chi connectivity index (χ1v) is 6.28. The van der Waals surface area contributed by atoms with Crippen LogP contribution in [0.3, 0.4) is 0 Å². The van der Waals surface area contributed by atoms with Gasteiger partial charge in [0.1, 0.15) is 11.5 Å². The predicted octanol–water partition coefficient (Wildman–Crippen LogP) is 2.22. The number of methoxy groups -OCH3 is 2. The van der Waals surface area contributed by atoms with E-state index in [4.69, 9.17) is 14.6 Å². The fourth-order valence-corrected chi connectivity index (χ4v) is 1.83. The van der Waals surface area contributed by atoms with Crippen LogP contribution in [0, 0.1) is 0 Å². The van der Waals surface area contributed by atoms with Gasteiger partial charge in [0, 0.05) is 12.1 Å². The number of benzene rings is 1. The van der Waals surface area contributed by atoms with Gasteiger partial charge < -0.3 is 19.9 Å². The number of rotatable bonds is 8. The summed E-state index contributed by atoms with van der Waals surface area (Å²) in [6, 6.07) is 5.18. The van der Waals surface area contributed by atoms with Crippen LogP contribution in [0.25, 0.3) is 0 Å². The van der Waals surface area contributed by atoms with Gasteiger partial charge in [0.15, 0.2) is 0 Å². The van der Waals surface area contributed by atoms with Gasteiger partial charge >= 0.3 is 5.97 Å². The van der Waals surface area contributed by atoms with E-state index in [9.17, 15) is 4.79 Å². The summed E-state index contributed by atoms with van der Waals surface area (Å²) in [5, 5.41) is 12.2. The van der Waals surface area contributed by atoms with E-state index < -0.39 is 5.97 Å². The van der Waals surface area contributed by atoms with Gasteiger partial charge in [0.2, 0.25) is 0 Å². The molecule has 1 rings (SSSR count). The average molecular weight is 267 g/mol. The smallest absolute Gasteiger partial charge is 0.305 e. The molecule has 1 unspecified atom stereocenters. The van der Waals surface area contributed by atoms with Crippen LogP contribution in [-0.4, -0.2) is 31.8 Å². The molecule has 0 aliphatic carbocycles. The highest BCUT2D eigenvalue weighted by Crippen LogP contribution is 2.28. The normalized spacial score (nSPS) is 11.9. The standard InChI is InChI=1S/C14H21NO4/c1-4-5-15-13(9-14(16)17)10-6-11(18-2)8-12(7-10)19-3/h6-8,13,15H,4-5,9H2,1-3H3,(H,16,17). The Labute approximate surface area is 113 Å². The summed E-state index contributed by atoms with van der Waals surface area (Å²) < 4.78 is 10.4. The highest BCUT2D eigenvalue weighted by Gasteiger charge is 2.16. The van der Waals surface area contributed by atoms with Crippen molar-refractivity contribution < 1.29 is 19.4 Å². The zero-order chi connectivity index (χ0) is 14.3. The van der Waals surface area contributed by atoms with E-state index in [0.717, 1.165) is 18.5 Å². The Morgan fingerprint density at radius 3 is 2.26 bits per heavy atom. The molecule has 106 valence electrons. The number of hydrogen-bond donors (Lipinski definition) is 2. The minimum absolute atomic E-state index is 0.0241. The molecule has 0 aliphatic rings. The number of carbonyl (C=O) groups is 1. The minimum atomic E-state index is -0.838. The van der Waals surface area contributed by atoms with Crippen LogP contribution >= 0.6 is 0 Å². The molecule has 5 heteroatoms. The highest BCUT2D eigenvalue weighted by molar-refractivity contribution is 5.68. The van der Waals surface area contributed by atoms with Gasteiger partial charge in [-0.3, -0.25) is 4.79 Å². The molecule has 0 aromatic heterocycles. The van der Waals surface area contributed by atoms with Gasteiger partial charge in [-0.15, -0.1) is 0 Å². The first-order valence-electron chi connectivity index (χ1n) is 6.28. The molecule has 1 aromatic carbocycles. The van der Waals surface area contributed by atoms with Crippen LogP contribution in [0.5, 0.6) is 11.5 Å². The minimum Gasteiger partial charge on any atom is -0.497 e. The molecule has 5 nitrogen and oxygen atoms in total. The second-order valence-electron chi connectivity index (χ2n) is 4.25. The fraction of sp³-hybridized carbons (Fsp3) is 0.500. The first kappa shape index (κ1) is 15.3. The monoisotopic (exact) mass is 267 g/mol. The molecule has 0 saturated carbocycles. The van der Waals surface area contributed by atoms with Crippen LogP contribution in [-0.2, 0) is 4.79 Å². The third-order valence-electron chi connectivity index (χ3n) is 2.80. The van der Waals surface area contributed by atoms with Gasteiger partial charge in [-0.25, -0.2) is 0 Å². The van der Waals surface area contributed by atoms with Crippen LogP contribution in [0.4, 0.5) is 0 Å². The van der Waals surface area contributed by atoms with Crippen molar-refractivity contribution in [1.82, 2.24) is 5.32 Å². The van der Waals surface area contributed by atoms with Gasteiger partial charge in [0.25, 0.3) is 0 Å². The van der Waals surface area contributed by atoms with Crippen molar-refractivity contribution in [3.63, 3.8) is 0 Å². The van der Waals surface area contributed by atoms with E-state index in [-0.39, 0.29) is 12.5 Å². The number of nitrogens with one attached hydrogen (secondary N) is 1. The Kier molecular flexibility index (Phi) is 6.15. The number of carboxylic acids is 1. The lowest BCUT2D eigenvalue weighted by Gasteiger charge is -2.18. The largest absolute Gasteiger partial charge is 0.497 e. The molecule has 0 bridgehead atoms. The van der Waals surface area contributed by atoms with Crippen LogP contribution < -0.4 is 14.8 Å². The Morgan fingerprint density at radius 2 is 1.84 bits per heavy atom. The lowest BCUT2D eigenvalue weighted by molar-refractivity contribution is -0.137. The summed E-state index contributed by atoms with van der Waals surface area (Å²) in [5.41, 5.74) is 0.854. The van der Waals surface area contributed by atoms with Crippen molar-refractivity contribution in [1.29, 1.82) is 0 Å². The molecule has 19 heavy (non-hydrogen) atoms. The highest BCUT2D eigenvalue weighted by atomic mass is 16.5. The van der Waals surface area contributed by atoms with E-state index >= 15 is 0 Å². The van der Waals surface area contributed by atoms with Crippen molar-refractivity contribution in [2.75, 3.05) is 20.8 Å².